The van der Waals surface area contributed by atoms with Crippen LogP contribution in [0.2, 0.25) is 0 Å². The maximum absolute atomic E-state index is 5.90. The molecule has 0 radical (unpaired) electrons. The second kappa shape index (κ2) is 3.29. The highest BCUT2D eigenvalue weighted by Crippen LogP contribution is 2.57. The molecule has 1 aliphatic heterocycles. The Morgan fingerprint density at radius 2 is 1.86 bits per heavy atom. The molecule has 2 fully saturated rings. The molecule has 0 bridgehead atoms. The van der Waals surface area contributed by atoms with Crippen molar-refractivity contribution < 1.29 is 4.74 Å². The van der Waals surface area contributed by atoms with Crippen molar-refractivity contribution in [1.82, 2.24) is 0 Å². The minimum atomic E-state index is 0.321. The molecule has 2 unspecified atom stereocenters. The second-order valence-corrected chi connectivity index (χ2v) is 4.86. The molecule has 80 valence electrons. The van der Waals surface area contributed by atoms with Crippen LogP contribution in [0.1, 0.15) is 53.4 Å². The van der Waals surface area contributed by atoms with E-state index in [0.717, 1.165) is 11.8 Å². The Morgan fingerprint density at radius 3 is 2.21 bits per heavy atom. The van der Waals surface area contributed by atoms with Gasteiger partial charge in [-0.1, -0.05) is 20.8 Å². The lowest BCUT2D eigenvalue weighted by Gasteiger charge is -2.06. The molecule has 0 saturated heterocycles. The summed E-state index contributed by atoms with van der Waals surface area (Å²) in [5.74, 6) is 3.10. The zero-order valence-electron chi connectivity index (χ0n) is 9.89. The third-order valence-corrected chi connectivity index (χ3v) is 3.70. The van der Waals surface area contributed by atoms with E-state index in [1.165, 1.54) is 31.4 Å². The lowest BCUT2D eigenvalue weighted by atomic mass is 10.0. The van der Waals surface area contributed by atoms with Gasteiger partial charge >= 0.3 is 0 Å². The number of rotatable bonds is 1. The Balaban J connectivity index is 0.000000354. The van der Waals surface area contributed by atoms with E-state index in [1.807, 2.05) is 13.8 Å². The molecule has 0 N–H and O–H groups in total. The van der Waals surface area contributed by atoms with Crippen LogP contribution in [0.5, 0.6) is 0 Å². The molecule has 0 aromatic rings. The van der Waals surface area contributed by atoms with E-state index in [2.05, 4.69) is 13.8 Å². The van der Waals surface area contributed by atoms with E-state index in [-0.39, 0.29) is 0 Å². The van der Waals surface area contributed by atoms with Gasteiger partial charge in [-0.2, -0.15) is 0 Å². The molecule has 1 heterocycles. The summed E-state index contributed by atoms with van der Waals surface area (Å²) >= 11 is 0. The largest absolute Gasteiger partial charge is 0.492 e. The number of hydrogen-bond donors (Lipinski definition) is 0. The molecule has 0 aromatic heterocycles. The molecule has 1 nitrogen and oxygen atoms in total. The van der Waals surface area contributed by atoms with Crippen LogP contribution < -0.4 is 0 Å². The normalized spacial score (nSPS) is 36.3. The smallest absolute Gasteiger partial charge is 0.113 e. The van der Waals surface area contributed by atoms with Gasteiger partial charge in [-0.25, -0.2) is 0 Å². The first-order chi connectivity index (χ1) is 6.70. The quantitative estimate of drug-likeness (QED) is 0.615. The molecule has 2 saturated carbocycles. The van der Waals surface area contributed by atoms with Crippen molar-refractivity contribution in [1.29, 1.82) is 0 Å². The molecular weight excluding hydrogens is 172 g/mol. The molecule has 0 amide bonds. The predicted molar refractivity (Wildman–Crippen MR) is 59.0 cm³/mol. The first-order valence-corrected chi connectivity index (χ1v) is 6.09. The molecule has 2 atom stereocenters. The van der Waals surface area contributed by atoms with Crippen molar-refractivity contribution in [3.63, 3.8) is 0 Å². The second-order valence-electron chi connectivity index (χ2n) is 4.86. The molecule has 1 spiro atoms. The zero-order chi connectivity index (χ0) is 10.3. The standard InChI is InChI=1S/C11H16O.C2H6/c1-7-5-9(7)10-6-11(3-4-11)12-8(10)2;1-2/h7,9H,3-6H2,1-2H3;1-2H3. The van der Waals surface area contributed by atoms with Gasteiger partial charge in [0.05, 0.1) is 5.76 Å². The van der Waals surface area contributed by atoms with Crippen molar-refractivity contribution in [2.24, 2.45) is 11.8 Å². The summed E-state index contributed by atoms with van der Waals surface area (Å²) in [6.07, 6.45) is 5.27. The minimum absolute atomic E-state index is 0.321. The Bertz CT molecular complexity index is 260. The van der Waals surface area contributed by atoms with Crippen molar-refractivity contribution in [2.75, 3.05) is 0 Å². The van der Waals surface area contributed by atoms with Gasteiger partial charge in [0.15, 0.2) is 0 Å². The van der Waals surface area contributed by atoms with Gasteiger partial charge in [0.1, 0.15) is 5.60 Å². The van der Waals surface area contributed by atoms with Crippen LogP contribution in [0.25, 0.3) is 0 Å². The van der Waals surface area contributed by atoms with Gasteiger partial charge in [0.25, 0.3) is 0 Å². The molecule has 3 rings (SSSR count). The topological polar surface area (TPSA) is 9.23 Å². The Labute approximate surface area is 87.5 Å². The van der Waals surface area contributed by atoms with E-state index >= 15 is 0 Å². The fraction of sp³-hybridized carbons (Fsp3) is 0.846. The summed E-state index contributed by atoms with van der Waals surface area (Å²) < 4.78 is 5.90. The van der Waals surface area contributed by atoms with Crippen LogP contribution in [0.15, 0.2) is 11.3 Å². The molecule has 14 heavy (non-hydrogen) atoms. The summed E-state index contributed by atoms with van der Waals surface area (Å²) in [5, 5.41) is 0. The third-order valence-electron chi connectivity index (χ3n) is 3.70. The van der Waals surface area contributed by atoms with Crippen molar-refractivity contribution in [3.8, 4) is 0 Å². The maximum atomic E-state index is 5.90. The van der Waals surface area contributed by atoms with Crippen LogP contribution in [-0.2, 0) is 4.74 Å². The molecule has 3 aliphatic rings. The maximum Gasteiger partial charge on any atom is 0.113 e. The zero-order valence-corrected chi connectivity index (χ0v) is 9.89. The summed E-state index contributed by atoms with van der Waals surface area (Å²) in [7, 11) is 0. The molecular formula is C13H22O. The monoisotopic (exact) mass is 194 g/mol. The van der Waals surface area contributed by atoms with Crippen LogP contribution >= 0.6 is 0 Å². The molecule has 0 aromatic carbocycles. The first-order valence-electron chi connectivity index (χ1n) is 6.09. The Hall–Kier alpha value is -0.460. The highest BCUT2D eigenvalue weighted by atomic mass is 16.5. The van der Waals surface area contributed by atoms with Gasteiger partial charge in [0, 0.05) is 6.42 Å². The Kier molecular flexibility index (Phi) is 2.36. The van der Waals surface area contributed by atoms with Gasteiger partial charge in [-0.3, -0.25) is 0 Å². The van der Waals surface area contributed by atoms with Crippen molar-refractivity contribution in [2.45, 2.75) is 59.0 Å². The first kappa shape index (κ1) is 10.1. The van der Waals surface area contributed by atoms with Gasteiger partial charge in [-0.15, -0.1) is 0 Å². The fourth-order valence-electron chi connectivity index (χ4n) is 2.52. The summed E-state index contributed by atoms with van der Waals surface area (Å²) in [4.78, 5) is 0. The average Bonchev–Trinajstić information content (AvgIpc) is 3.04. The molecule has 1 heteroatoms. The highest BCUT2D eigenvalue weighted by molar-refractivity contribution is 5.28. The SMILES string of the molecule is CC.CC1=C(C2CC2C)CC2(CC2)O1. The van der Waals surface area contributed by atoms with Crippen molar-refractivity contribution >= 4 is 0 Å². The van der Waals surface area contributed by atoms with E-state index in [9.17, 15) is 0 Å². The summed E-state index contributed by atoms with van der Waals surface area (Å²) in [6, 6.07) is 0. The average molecular weight is 194 g/mol. The van der Waals surface area contributed by atoms with Gasteiger partial charge in [-0.05, 0) is 43.6 Å². The lowest BCUT2D eigenvalue weighted by molar-refractivity contribution is 0.123. The fourth-order valence-corrected chi connectivity index (χ4v) is 2.52. The van der Waals surface area contributed by atoms with E-state index in [0.29, 0.717) is 5.60 Å². The minimum Gasteiger partial charge on any atom is -0.492 e. The number of allylic oxidation sites excluding steroid dienone is 1. The van der Waals surface area contributed by atoms with Gasteiger partial charge < -0.3 is 4.74 Å². The highest BCUT2D eigenvalue weighted by Gasteiger charge is 2.53. The van der Waals surface area contributed by atoms with E-state index in [4.69, 9.17) is 4.74 Å². The number of hydrogen-bond acceptors (Lipinski definition) is 1. The van der Waals surface area contributed by atoms with E-state index in [1.54, 1.807) is 5.57 Å². The lowest BCUT2D eigenvalue weighted by Crippen LogP contribution is -2.05. The molecule has 2 aliphatic carbocycles. The third kappa shape index (κ3) is 1.57. The van der Waals surface area contributed by atoms with Crippen LogP contribution in [0.3, 0.4) is 0 Å². The van der Waals surface area contributed by atoms with Crippen molar-refractivity contribution in [3.05, 3.63) is 11.3 Å². The van der Waals surface area contributed by atoms with Gasteiger partial charge in [0.2, 0.25) is 0 Å². The summed E-state index contributed by atoms with van der Waals surface area (Å²) in [6.45, 7) is 8.51. The Morgan fingerprint density at radius 1 is 1.29 bits per heavy atom. The predicted octanol–water partition coefficient (Wildman–Crippen LogP) is 3.90. The van der Waals surface area contributed by atoms with Crippen LogP contribution in [-0.4, -0.2) is 5.60 Å². The van der Waals surface area contributed by atoms with Crippen LogP contribution in [0.4, 0.5) is 0 Å². The van der Waals surface area contributed by atoms with Crippen LogP contribution in [0, 0.1) is 11.8 Å². The summed E-state index contributed by atoms with van der Waals surface area (Å²) in [5.41, 5.74) is 1.97. The number of ether oxygens (including phenoxy) is 1. The van der Waals surface area contributed by atoms with E-state index < -0.39 is 0 Å².